The quantitative estimate of drug-likeness (QED) is 0.333. The van der Waals surface area contributed by atoms with Crippen molar-refractivity contribution in [3.05, 3.63) is 114 Å². The third kappa shape index (κ3) is 3.17. The van der Waals surface area contributed by atoms with Gasteiger partial charge < -0.3 is 5.32 Å². The lowest BCUT2D eigenvalue weighted by atomic mass is 10.0. The number of aromatic nitrogens is 1. The number of nitrogens with zero attached hydrogens (tertiary/aromatic N) is 1. The Balaban J connectivity index is 1.57. The van der Waals surface area contributed by atoms with E-state index in [1.807, 2.05) is 6.07 Å². The smallest absolute Gasteiger partial charge is 0.0736 e. The lowest BCUT2D eigenvalue weighted by Gasteiger charge is -2.14. The molecule has 0 atom stereocenters. The number of benzene rings is 4. The van der Waals surface area contributed by atoms with Crippen LogP contribution in [-0.4, -0.2) is 4.98 Å². The van der Waals surface area contributed by atoms with Crippen molar-refractivity contribution in [3.63, 3.8) is 0 Å². The number of pyridine rings is 1. The number of rotatable bonds is 3. The molecule has 0 aliphatic heterocycles. The first kappa shape index (κ1) is 17.9. The average molecular weight is 399 g/mol. The molecule has 31 heavy (non-hydrogen) atoms. The molecule has 0 fully saturated rings. The van der Waals surface area contributed by atoms with Crippen molar-refractivity contribution in [3.8, 4) is 22.4 Å². The van der Waals surface area contributed by atoms with Crippen LogP contribution in [0.2, 0.25) is 0 Å². The van der Waals surface area contributed by atoms with Gasteiger partial charge in [0.15, 0.2) is 0 Å². The van der Waals surface area contributed by atoms with E-state index in [4.69, 9.17) is 4.98 Å². The Morgan fingerprint density at radius 3 is 2.32 bits per heavy atom. The number of hydrogen-bond acceptors (Lipinski definition) is 2. The Hall–Kier alpha value is -3.91. The van der Waals surface area contributed by atoms with E-state index in [-0.39, 0.29) is 0 Å². The molecule has 1 aliphatic rings. The molecule has 0 bridgehead atoms. The SMILES string of the molecule is Cc1ccc(-c2cc(Nc3ccccc3)c3cc4c(cc3n2)-c2ccccc2C4)cc1. The highest BCUT2D eigenvalue weighted by Gasteiger charge is 2.20. The summed E-state index contributed by atoms with van der Waals surface area (Å²) in [6, 6.07) is 34.4. The van der Waals surface area contributed by atoms with Gasteiger partial charge in [0.25, 0.3) is 0 Å². The molecule has 1 N–H and O–H groups in total. The molecule has 0 saturated heterocycles. The van der Waals surface area contributed by atoms with Crippen LogP contribution in [0.4, 0.5) is 11.4 Å². The molecular formula is C29H22N2. The van der Waals surface area contributed by atoms with Gasteiger partial charge in [0.2, 0.25) is 0 Å². The van der Waals surface area contributed by atoms with Crippen molar-refractivity contribution >= 4 is 22.3 Å². The average Bonchev–Trinajstić information content (AvgIpc) is 3.16. The summed E-state index contributed by atoms with van der Waals surface area (Å²) >= 11 is 0. The summed E-state index contributed by atoms with van der Waals surface area (Å²) in [5, 5.41) is 4.80. The zero-order chi connectivity index (χ0) is 20.8. The second-order valence-corrected chi connectivity index (χ2v) is 8.27. The van der Waals surface area contributed by atoms with Crippen molar-refractivity contribution in [2.24, 2.45) is 0 Å². The Kier molecular flexibility index (Phi) is 4.10. The Bertz CT molecular complexity index is 1420. The van der Waals surface area contributed by atoms with E-state index in [1.54, 1.807) is 0 Å². The van der Waals surface area contributed by atoms with Gasteiger partial charge in [0, 0.05) is 16.6 Å². The van der Waals surface area contributed by atoms with Gasteiger partial charge in [0.05, 0.1) is 16.9 Å². The number of para-hydroxylation sites is 1. The van der Waals surface area contributed by atoms with Crippen LogP contribution >= 0.6 is 0 Å². The van der Waals surface area contributed by atoms with Crippen molar-refractivity contribution < 1.29 is 0 Å². The minimum Gasteiger partial charge on any atom is -0.355 e. The minimum atomic E-state index is 0.978. The standard InChI is InChI=1S/C29H22N2/c1-19-11-13-20(14-12-19)27-18-29(30-23-8-3-2-4-9-23)26-16-22-15-21-7-5-6-10-24(21)25(22)17-28(26)31-27/h2-14,16-18H,15H2,1H3,(H,30,31). The van der Waals surface area contributed by atoms with Gasteiger partial charge in [0.1, 0.15) is 0 Å². The molecule has 2 nitrogen and oxygen atoms in total. The summed E-state index contributed by atoms with van der Waals surface area (Å²) in [6.45, 7) is 2.11. The Labute approximate surface area is 182 Å². The van der Waals surface area contributed by atoms with Gasteiger partial charge in [-0.3, -0.25) is 0 Å². The summed E-state index contributed by atoms with van der Waals surface area (Å²) in [4.78, 5) is 5.09. The van der Waals surface area contributed by atoms with E-state index >= 15 is 0 Å². The highest BCUT2D eigenvalue weighted by atomic mass is 14.9. The number of hydrogen-bond donors (Lipinski definition) is 1. The fraction of sp³-hybridized carbons (Fsp3) is 0.0690. The first-order valence-electron chi connectivity index (χ1n) is 10.7. The van der Waals surface area contributed by atoms with Crippen molar-refractivity contribution in [2.45, 2.75) is 13.3 Å². The van der Waals surface area contributed by atoms with Gasteiger partial charge in [-0.05, 0) is 65.9 Å². The maximum absolute atomic E-state index is 5.09. The number of aryl methyl sites for hydroxylation is 1. The summed E-state index contributed by atoms with van der Waals surface area (Å²) in [5.74, 6) is 0. The van der Waals surface area contributed by atoms with Crippen LogP contribution < -0.4 is 5.32 Å². The summed E-state index contributed by atoms with van der Waals surface area (Å²) in [5.41, 5.74) is 12.0. The third-order valence-corrected chi connectivity index (χ3v) is 6.12. The molecule has 6 rings (SSSR count). The van der Waals surface area contributed by atoms with Crippen LogP contribution in [0.15, 0.2) is 97.1 Å². The molecule has 4 aromatic carbocycles. The van der Waals surface area contributed by atoms with Crippen molar-refractivity contribution in [2.75, 3.05) is 5.32 Å². The van der Waals surface area contributed by atoms with Crippen LogP contribution in [0.1, 0.15) is 16.7 Å². The maximum Gasteiger partial charge on any atom is 0.0736 e. The zero-order valence-corrected chi connectivity index (χ0v) is 17.4. The molecule has 0 saturated carbocycles. The largest absolute Gasteiger partial charge is 0.355 e. The van der Waals surface area contributed by atoms with E-state index in [1.165, 1.54) is 27.8 Å². The molecule has 0 unspecified atom stereocenters. The predicted octanol–water partition coefficient (Wildman–Crippen LogP) is 7.53. The normalized spacial score (nSPS) is 11.9. The predicted molar refractivity (Wildman–Crippen MR) is 130 cm³/mol. The summed E-state index contributed by atoms with van der Waals surface area (Å²) < 4.78 is 0. The first-order chi connectivity index (χ1) is 15.2. The first-order valence-corrected chi connectivity index (χ1v) is 10.7. The number of nitrogens with one attached hydrogen (secondary N) is 1. The molecule has 5 aromatic rings. The molecule has 1 aliphatic carbocycles. The van der Waals surface area contributed by atoms with E-state index in [0.717, 1.165) is 40.0 Å². The lowest BCUT2D eigenvalue weighted by molar-refractivity contribution is 1.27. The van der Waals surface area contributed by atoms with Crippen LogP contribution in [0.25, 0.3) is 33.3 Å². The van der Waals surface area contributed by atoms with Crippen molar-refractivity contribution in [1.82, 2.24) is 4.98 Å². The minimum absolute atomic E-state index is 0.978. The van der Waals surface area contributed by atoms with E-state index < -0.39 is 0 Å². The molecule has 2 heteroatoms. The monoisotopic (exact) mass is 398 g/mol. The molecule has 0 spiro atoms. The Morgan fingerprint density at radius 1 is 0.710 bits per heavy atom. The van der Waals surface area contributed by atoms with E-state index in [2.05, 4.69) is 103 Å². The summed E-state index contributed by atoms with van der Waals surface area (Å²) in [6.07, 6.45) is 0.978. The van der Waals surface area contributed by atoms with Crippen LogP contribution in [-0.2, 0) is 6.42 Å². The molecule has 1 aromatic heterocycles. The van der Waals surface area contributed by atoms with Gasteiger partial charge in [-0.2, -0.15) is 0 Å². The van der Waals surface area contributed by atoms with Gasteiger partial charge in [-0.25, -0.2) is 4.98 Å². The number of anilines is 2. The molecular weight excluding hydrogens is 376 g/mol. The third-order valence-electron chi connectivity index (χ3n) is 6.12. The topological polar surface area (TPSA) is 24.9 Å². The zero-order valence-electron chi connectivity index (χ0n) is 17.4. The molecule has 148 valence electrons. The van der Waals surface area contributed by atoms with Crippen molar-refractivity contribution in [1.29, 1.82) is 0 Å². The van der Waals surface area contributed by atoms with Gasteiger partial charge in [-0.1, -0.05) is 72.3 Å². The second-order valence-electron chi connectivity index (χ2n) is 8.27. The van der Waals surface area contributed by atoms with Gasteiger partial charge in [-0.15, -0.1) is 0 Å². The lowest BCUT2D eigenvalue weighted by Crippen LogP contribution is -1.96. The van der Waals surface area contributed by atoms with Gasteiger partial charge >= 0.3 is 0 Å². The van der Waals surface area contributed by atoms with Crippen LogP contribution in [0.3, 0.4) is 0 Å². The molecule has 0 radical (unpaired) electrons. The van der Waals surface area contributed by atoms with Crippen LogP contribution in [0, 0.1) is 6.92 Å². The van der Waals surface area contributed by atoms with E-state index in [0.29, 0.717) is 0 Å². The maximum atomic E-state index is 5.09. The van der Waals surface area contributed by atoms with Crippen LogP contribution in [0.5, 0.6) is 0 Å². The number of fused-ring (bicyclic) bond motifs is 4. The summed E-state index contributed by atoms with van der Waals surface area (Å²) in [7, 11) is 0. The molecule has 1 heterocycles. The highest BCUT2D eigenvalue weighted by molar-refractivity contribution is 5.99. The second kappa shape index (κ2) is 7.10. The molecule has 0 amide bonds. The fourth-order valence-electron chi connectivity index (χ4n) is 4.51. The van der Waals surface area contributed by atoms with E-state index in [9.17, 15) is 0 Å². The fourth-order valence-corrected chi connectivity index (χ4v) is 4.51. The highest BCUT2D eigenvalue weighted by Crippen LogP contribution is 2.41. The Morgan fingerprint density at radius 2 is 1.48 bits per heavy atom.